The van der Waals surface area contributed by atoms with Crippen molar-refractivity contribution in [3.8, 4) is 5.69 Å². The second-order valence-electron chi connectivity index (χ2n) is 7.09. The number of hydrogen-bond acceptors (Lipinski definition) is 4. The maximum Gasteiger partial charge on any atom is 0.338 e. The Balaban J connectivity index is 1.86. The van der Waals surface area contributed by atoms with Gasteiger partial charge in [0.05, 0.1) is 29.6 Å². The quantitative estimate of drug-likeness (QED) is 0.360. The molecule has 0 aliphatic rings. The van der Waals surface area contributed by atoms with E-state index in [0.717, 1.165) is 37.6 Å². The monoisotopic (exact) mass is 439 g/mol. The molecule has 0 aliphatic carbocycles. The number of carbonyl (C=O) groups is 1. The lowest BCUT2D eigenvalue weighted by molar-refractivity contribution is 0.0526. The van der Waals surface area contributed by atoms with Gasteiger partial charge in [-0.25, -0.2) is 4.79 Å². The molecule has 0 radical (unpaired) electrons. The van der Waals surface area contributed by atoms with E-state index in [0.29, 0.717) is 17.2 Å². The summed E-state index contributed by atoms with van der Waals surface area (Å²) in [5, 5.41) is 6.11. The molecule has 2 aromatic heterocycles. The van der Waals surface area contributed by atoms with Crippen molar-refractivity contribution in [1.29, 1.82) is 0 Å². The van der Waals surface area contributed by atoms with Crippen LogP contribution in [0.3, 0.4) is 0 Å². The normalized spacial score (nSPS) is 11.2. The first-order valence-electron chi connectivity index (χ1n) is 9.64. The van der Waals surface area contributed by atoms with E-state index >= 15 is 0 Å². The van der Waals surface area contributed by atoms with E-state index in [1.165, 1.54) is 0 Å². The highest BCUT2D eigenvalue weighted by atomic mass is 35.5. The van der Waals surface area contributed by atoms with E-state index in [1.54, 1.807) is 16.4 Å². The largest absolute Gasteiger partial charge is 0.462 e. The maximum absolute atomic E-state index is 12.2. The smallest absolute Gasteiger partial charge is 0.338 e. The Morgan fingerprint density at radius 2 is 2.00 bits per heavy atom. The number of aryl methyl sites for hydroxylation is 2. The predicted octanol–water partition coefficient (Wildman–Crippen LogP) is 5.96. The Kier molecular flexibility index (Phi) is 5.62. The second-order valence-corrected chi connectivity index (χ2v) is 8.58. The topological polar surface area (TPSA) is 49.1 Å². The van der Waals surface area contributed by atoms with Crippen molar-refractivity contribution >= 4 is 40.2 Å². The third-order valence-corrected chi connectivity index (χ3v) is 6.58. The Morgan fingerprint density at radius 1 is 1.20 bits per heavy atom. The first-order chi connectivity index (χ1) is 14.4. The molecule has 4 aromatic rings. The lowest BCUT2D eigenvalue weighted by Crippen LogP contribution is -2.04. The summed E-state index contributed by atoms with van der Waals surface area (Å²) in [6.45, 7) is 6.30. The highest BCUT2D eigenvalue weighted by molar-refractivity contribution is 7.99. The minimum absolute atomic E-state index is 0.305. The Bertz CT molecular complexity index is 1260. The molecule has 0 aliphatic heterocycles. The number of rotatable bonds is 5. The fraction of sp³-hybridized carbons (Fsp3) is 0.217. The summed E-state index contributed by atoms with van der Waals surface area (Å²) in [6.07, 6.45) is 3.82. The minimum Gasteiger partial charge on any atom is -0.462 e. The lowest BCUT2D eigenvalue weighted by Gasteiger charge is -2.09. The van der Waals surface area contributed by atoms with Crippen molar-refractivity contribution in [2.75, 3.05) is 6.61 Å². The van der Waals surface area contributed by atoms with Gasteiger partial charge in [-0.15, -0.1) is 0 Å². The summed E-state index contributed by atoms with van der Waals surface area (Å²) in [5.41, 5.74) is 4.75. The van der Waals surface area contributed by atoms with Crippen molar-refractivity contribution in [1.82, 2.24) is 14.3 Å². The minimum atomic E-state index is -0.305. The van der Waals surface area contributed by atoms with Crippen LogP contribution in [0.5, 0.6) is 0 Å². The van der Waals surface area contributed by atoms with Gasteiger partial charge in [-0.2, -0.15) is 5.10 Å². The molecule has 0 unspecified atom stereocenters. The first-order valence-corrected chi connectivity index (χ1v) is 10.8. The molecule has 0 N–H and O–H groups in total. The van der Waals surface area contributed by atoms with E-state index in [4.69, 9.17) is 16.3 Å². The molecule has 0 atom stereocenters. The van der Waals surface area contributed by atoms with Crippen LogP contribution in [-0.4, -0.2) is 26.9 Å². The number of carbonyl (C=O) groups excluding carboxylic acids is 1. The molecule has 7 heteroatoms. The summed E-state index contributed by atoms with van der Waals surface area (Å²) < 4.78 is 9.12. The molecule has 2 aromatic carbocycles. The standard InChI is InChI=1S/C23H22ClN3O2S/c1-5-29-23(28)16-7-6-14(2)21(10-16)30-22-15(3)27(18-12-25-26(4)13-18)20-11-17(24)8-9-19(20)22/h6-13H,5H2,1-4H3. The Morgan fingerprint density at radius 3 is 2.70 bits per heavy atom. The van der Waals surface area contributed by atoms with Crippen LogP contribution in [0.4, 0.5) is 0 Å². The Labute approximate surface area is 184 Å². The molecule has 5 nitrogen and oxygen atoms in total. The van der Waals surface area contributed by atoms with Crippen LogP contribution in [0.15, 0.2) is 58.6 Å². The third kappa shape index (κ3) is 3.73. The fourth-order valence-electron chi connectivity index (χ4n) is 3.51. The number of esters is 1. The number of hydrogen-bond donors (Lipinski definition) is 0. The number of benzene rings is 2. The van der Waals surface area contributed by atoms with Crippen molar-refractivity contribution in [3.63, 3.8) is 0 Å². The summed E-state index contributed by atoms with van der Waals surface area (Å²) >= 11 is 7.97. The summed E-state index contributed by atoms with van der Waals surface area (Å²) in [5.74, 6) is -0.305. The van der Waals surface area contributed by atoms with Gasteiger partial charge in [0.2, 0.25) is 0 Å². The van der Waals surface area contributed by atoms with E-state index in [2.05, 4.69) is 16.6 Å². The van der Waals surface area contributed by atoms with Gasteiger partial charge in [0.15, 0.2) is 0 Å². The number of aromatic nitrogens is 3. The summed E-state index contributed by atoms with van der Waals surface area (Å²) in [4.78, 5) is 14.3. The van der Waals surface area contributed by atoms with Gasteiger partial charge in [0.25, 0.3) is 0 Å². The van der Waals surface area contributed by atoms with E-state index in [1.807, 2.05) is 69.7 Å². The highest BCUT2D eigenvalue weighted by Gasteiger charge is 2.19. The van der Waals surface area contributed by atoms with Gasteiger partial charge in [0.1, 0.15) is 0 Å². The molecular weight excluding hydrogens is 418 g/mol. The highest BCUT2D eigenvalue weighted by Crippen LogP contribution is 2.41. The molecule has 4 rings (SSSR count). The number of halogens is 1. The third-order valence-electron chi connectivity index (χ3n) is 4.97. The number of ether oxygens (including phenoxy) is 1. The zero-order chi connectivity index (χ0) is 21.4. The summed E-state index contributed by atoms with van der Waals surface area (Å²) in [6, 6.07) is 11.6. The molecule has 0 amide bonds. The van der Waals surface area contributed by atoms with Crippen LogP contribution in [-0.2, 0) is 11.8 Å². The van der Waals surface area contributed by atoms with E-state index in [-0.39, 0.29) is 5.97 Å². The molecule has 2 heterocycles. The van der Waals surface area contributed by atoms with Crippen molar-refractivity contribution in [3.05, 3.63) is 70.6 Å². The number of nitrogens with zero attached hydrogens (tertiary/aromatic N) is 3. The maximum atomic E-state index is 12.2. The van der Waals surface area contributed by atoms with Gasteiger partial charge in [-0.1, -0.05) is 35.5 Å². The van der Waals surface area contributed by atoms with Gasteiger partial charge < -0.3 is 9.30 Å². The molecule has 154 valence electrons. The predicted molar refractivity (Wildman–Crippen MR) is 121 cm³/mol. The summed E-state index contributed by atoms with van der Waals surface area (Å²) in [7, 11) is 1.90. The van der Waals surface area contributed by atoms with Crippen LogP contribution < -0.4 is 0 Å². The fourth-order valence-corrected chi connectivity index (χ4v) is 4.83. The average Bonchev–Trinajstić information content (AvgIpc) is 3.24. The van der Waals surface area contributed by atoms with Gasteiger partial charge in [0, 0.05) is 39.1 Å². The van der Waals surface area contributed by atoms with Crippen LogP contribution in [0.2, 0.25) is 5.02 Å². The van der Waals surface area contributed by atoms with Crippen molar-refractivity contribution in [2.45, 2.75) is 30.6 Å². The molecule has 0 spiro atoms. The van der Waals surface area contributed by atoms with Crippen LogP contribution in [0.1, 0.15) is 28.5 Å². The Hall–Kier alpha value is -2.70. The zero-order valence-electron chi connectivity index (χ0n) is 17.3. The van der Waals surface area contributed by atoms with Gasteiger partial charge in [-0.3, -0.25) is 4.68 Å². The van der Waals surface area contributed by atoms with E-state index < -0.39 is 0 Å². The second kappa shape index (κ2) is 8.20. The van der Waals surface area contributed by atoms with Gasteiger partial charge >= 0.3 is 5.97 Å². The molecule has 0 saturated carbocycles. The zero-order valence-corrected chi connectivity index (χ0v) is 18.8. The first kappa shape index (κ1) is 20.6. The van der Waals surface area contributed by atoms with E-state index in [9.17, 15) is 4.79 Å². The van der Waals surface area contributed by atoms with Crippen molar-refractivity contribution in [2.24, 2.45) is 7.05 Å². The average molecular weight is 440 g/mol. The molecule has 0 saturated heterocycles. The number of fused-ring (bicyclic) bond motifs is 1. The van der Waals surface area contributed by atoms with Crippen LogP contribution in [0.25, 0.3) is 16.6 Å². The van der Waals surface area contributed by atoms with Gasteiger partial charge in [-0.05, 0) is 50.6 Å². The lowest BCUT2D eigenvalue weighted by atomic mass is 10.1. The molecule has 30 heavy (non-hydrogen) atoms. The molecule has 0 fully saturated rings. The SMILES string of the molecule is CCOC(=O)c1ccc(C)c(Sc2c(C)n(-c3cnn(C)c3)c3cc(Cl)ccc23)c1. The molecular formula is C23H22ClN3O2S. The van der Waals surface area contributed by atoms with Crippen molar-refractivity contribution < 1.29 is 9.53 Å². The molecule has 0 bridgehead atoms. The van der Waals surface area contributed by atoms with Crippen LogP contribution in [0, 0.1) is 13.8 Å². The van der Waals surface area contributed by atoms with Crippen LogP contribution >= 0.6 is 23.4 Å².